The first-order valence-corrected chi connectivity index (χ1v) is 9.75. The van der Waals surface area contributed by atoms with E-state index >= 15 is 0 Å². The second-order valence-corrected chi connectivity index (χ2v) is 8.56. The molecule has 0 amide bonds. The van der Waals surface area contributed by atoms with Crippen LogP contribution in [0.15, 0.2) is 18.3 Å². The van der Waals surface area contributed by atoms with Crippen LogP contribution in [0.5, 0.6) is 5.88 Å². The summed E-state index contributed by atoms with van der Waals surface area (Å²) in [5, 5.41) is 0. The van der Waals surface area contributed by atoms with Crippen LogP contribution in [0.4, 0.5) is 0 Å². The van der Waals surface area contributed by atoms with Crippen LogP contribution in [-0.4, -0.2) is 42.5 Å². The van der Waals surface area contributed by atoms with Gasteiger partial charge in [-0.3, -0.25) is 4.79 Å². The summed E-state index contributed by atoms with van der Waals surface area (Å²) in [6.45, 7) is 8.14. The number of pyridine rings is 1. The Labute approximate surface area is 162 Å². The van der Waals surface area contributed by atoms with E-state index in [1.807, 2.05) is 39.8 Å². The third-order valence-corrected chi connectivity index (χ3v) is 6.05. The topological polar surface area (TPSA) is 66.9 Å². The maximum atomic E-state index is 11.4. The van der Waals surface area contributed by atoms with Gasteiger partial charge in [-0.05, 0) is 65.4 Å². The molecule has 2 fully saturated rings. The Morgan fingerprint density at radius 1 is 1.15 bits per heavy atom. The Balaban J connectivity index is 1.51. The molecule has 1 saturated carbocycles. The molecule has 148 valence electrons. The fourth-order valence-electron chi connectivity index (χ4n) is 3.52. The number of carbonyl (C=O) groups excluding carboxylic acids is 1. The number of methoxy groups -OCH3 is 1. The summed E-state index contributed by atoms with van der Waals surface area (Å²) in [5.74, 6) is 0.891. The lowest BCUT2D eigenvalue weighted by atomic mass is 9.80. The summed E-state index contributed by atoms with van der Waals surface area (Å²) in [5.41, 5.74) is 0.161. The van der Waals surface area contributed by atoms with Gasteiger partial charge in [0.1, 0.15) is 6.10 Å². The minimum Gasteiger partial charge on any atom is -0.474 e. The summed E-state index contributed by atoms with van der Waals surface area (Å²) in [6.07, 6.45) is 6.24. The number of carbonyl (C=O) groups is 1. The Hall–Kier alpha value is -1.60. The Morgan fingerprint density at radius 3 is 2.30 bits per heavy atom. The van der Waals surface area contributed by atoms with Crippen molar-refractivity contribution in [2.45, 2.75) is 77.1 Å². The molecule has 6 nitrogen and oxygen atoms in total. The van der Waals surface area contributed by atoms with E-state index < -0.39 is 7.12 Å². The SMILES string of the molecule is COC(=O)C[C@H]1CC[C@H](Oc2ccc(B3OC(C)(C)C(C)(C)O3)cn2)CC1. The first-order valence-electron chi connectivity index (χ1n) is 9.75. The molecule has 1 aromatic heterocycles. The third kappa shape index (κ3) is 4.64. The highest BCUT2D eigenvalue weighted by Gasteiger charge is 2.51. The van der Waals surface area contributed by atoms with Crippen LogP contribution in [-0.2, 0) is 18.8 Å². The van der Waals surface area contributed by atoms with E-state index in [9.17, 15) is 4.79 Å². The summed E-state index contributed by atoms with van der Waals surface area (Å²) in [4.78, 5) is 15.8. The number of esters is 1. The van der Waals surface area contributed by atoms with Gasteiger partial charge < -0.3 is 18.8 Å². The van der Waals surface area contributed by atoms with Crippen LogP contribution >= 0.6 is 0 Å². The molecule has 1 saturated heterocycles. The van der Waals surface area contributed by atoms with Crippen LogP contribution in [0, 0.1) is 5.92 Å². The molecule has 0 radical (unpaired) electrons. The van der Waals surface area contributed by atoms with Gasteiger partial charge in [0.2, 0.25) is 5.88 Å². The number of nitrogens with zero attached hydrogens (tertiary/aromatic N) is 1. The van der Waals surface area contributed by atoms with E-state index in [1.165, 1.54) is 7.11 Å². The highest BCUT2D eigenvalue weighted by atomic mass is 16.7. The smallest absolute Gasteiger partial charge is 0.474 e. The van der Waals surface area contributed by atoms with Crippen molar-refractivity contribution < 1.29 is 23.6 Å². The van der Waals surface area contributed by atoms with Crippen molar-refractivity contribution in [3.8, 4) is 5.88 Å². The minimum atomic E-state index is -0.412. The Kier molecular flexibility index (Phi) is 5.82. The zero-order valence-corrected chi connectivity index (χ0v) is 17.0. The van der Waals surface area contributed by atoms with Crippen LogP contribution in [0.3, 0.4) is 0 Å². The van der Waals surface area contributed by atoms with Crippen LogP contribution in [0.1, 0.15) is 59.8 Å². The largest absolute Gasteiger partial charge is 0.496 e. The number of ether oxygens (including phenoxy) is 2. The second kappa shape index (κ2) is 7.80. The van der Waals surface area contributed by atoms with Gasteiger partial charge in [-0.1, -0.05) is 6.07 Å². The van der Waals surface area contributed by atoms with E-state index in [4.69, 9.17) is 18.8 Å². The molecule has 1 aliphatic carbocycles. The molecule has 27 heavy (non-hydrogen) atoms. The maximum absolute atomic E-state index is 11.4. The molecule has 0 unspecified atom stereocenters. The summed E-state index contributed by atoms with van der Waals surface area (Å²) in [6, 6.07) is 3.83. The van der Waals surface area contributed by atoms with Gasteiger partial charge >= 0.3 is 13.1 Å². The minimum absolute atomic E-state index is 0.126. The molecular weight excluding hydrogens is 345 g/mol. The van der Waals surface area contributed by atoms with E-state index in [0.717, 1.165) is 31.1 Å². The monoisotopic (exact) mass is 375 g/mol. The highest BCUT2D eigenvalue weighted by Crippen LogP contribution is 2.36. The predicted octanol–water partition coefficient (Wildman–Crippen LogP) is 2.88. The number of rotatable bonds is 5. The average molecular weight is 375 g/mol. The van der Waals surface area contributed by atoms with Gasteiger partial charge in [0.15, 0.2) is 0 Å². The molecule has 2 aliphatic rings. The first kappa shape index (κ1) is 20.1. The fraction of sp³-hybridized carbons (Fsp3) is 0.700. The van der Waals surface area contributed by atoms with Crippen molar-refractivity contribution in [1.82, 2.24) is 4.98 Å². The Morgan fingerprint density at radius 2 is 1.78 bits per heavy atom. The van der Waals surface area contributed by atoms with Crippen LogP contribution in [0.2, 0.25) is 0 Å². The predicted molar refractivity (Wildman–Crippen MR) is 103 cm³/mol. The molecule has 0 atom stereocenters. The van der Waals surface area contributed by atoms with Crippen LogP contribution in [0.25, 0.3) is 0 Å². The zero-order valence-electron chi connectivity index (χ0n) is 17.0. The maximum Gasteiger partial charge on any atom is 0.496 e. The van der Waals surface area contributed by atoms with Gasteiger partial charge in [0.05, 0.1) is 18.3 Å². The summed E-state index contributed by atoms with van der Waals surface area (Å²) >= 11 is 0. The number of hydrogen-bond acceptors (Lipinski definition) is 6. The Bertz CT molecular complexity index is 637. The lowest BCUT2D eigenvalue weighted by molar-refractivity contribution is -0.142. The fourth-order valence-corrected chi connectivity index (χ4v) is 3.52. The number of hydrogen-bond donors (Lipinski definition) is 0. The lowest BCUT2D eigenvalue weighted by Crippen LogP contribution is -2.41. The van der Waals surface area contributed by atoms with E-state index in [2.05, 4.69) is 4.98 Å². The first-order chi connectivity index (χ1) is 12.7. The number of aromatic nitrogens is 1. The van der Waals surface area contributed by atoms with Crippen LogP contribution < -0.4 is 10.2 Å². The summed E-state index contributed by atoms with van der Waals surface area (Å²) in [7, 11) is 1.03. The van der Waals surface area contributed by atoms with E-state index in [-0.39, 0.29) is 23.3 Å². The average Bonchev–Trinajstić information content (AvgIpc) is 2.85. The molecule has 0 spiro atoms. The molecule has 1 aliphatic heterocycles. The standard InChI is InChI=1S/C20H30BNO5/c1-19(2)20(3,4)27-21(26-19)15-8-11-17(22-13-15)25-16-9-6-14(7-10-16)12-18(23)24-5/h8,11,13-14,16H,6-7,9-10,12H2,1-5H3/t14-,16-. The van der Waals surface area contributed by atoms with Crippen molar-refractivity contribution in [3.05, 3.63) is 18.3 Å². The van der Waals surface area contributed by atoms with Crippen molar-refractivity contribution in [2.24, 2.45) is 5.92 Å². The molecular formula is C20H30BNO5. The second-order valence-electron chi connectivity index (χ2n) is 8.56. The lowest BCUT2D eigenvalue weighted by Gasteiger charge is -2.32. The van der Waals surface area contributed by atoms with Gasteiger partial charge in [-0.2, -0.15) is 0 Å². The van der Waals surface area contributed by atoms with Crippen molar-refractivity contribution >= 4 is 18.6 Å². The van der Waals surface area contributed by atoms with Crippen molar-refractivity contribution in [2.75, 3.05) is 7.11 Å². The molecule has 0 bridgehead atoms. The highest BCUT2D eigenvalue weighted by molar-refractivity contribution is 6.62. The van der Waals surface area contributed by atoms with Gasteiger partial charge in [-0.15, -0.1) is 0 Å². The zero-order chi connectivity index (χ0) is 19.7. The quantitative estimate of drug-likeness (QED) is 0.583. The molecule has 7 heteroatoms. The molecule has 0 N–H and O–H groups in total. The normalized spacial score (nSPS) is 26.6. The molecule has 1 aromatic rings. The van der Waals surface area contributed by atoms with E-state index in [1.54, 1.807) is 6.20 Å². The van der Waals surface area contributed by atoms with E-state index in [0.29, 0.717) is 18.2 Å². The van der Waals surface area contributed by atoms with Gasteiger partial charge in [0.25, 0.3) is 0 Å². The van der Waals surface area contributed by atoms with Gasteiger partial charge in [-0.25, -0.2) is 4.98 Å². The molecule has 2 heterocycles. The molecule has 3 rings (SSSR count). The van der Waals surface area contributed by atoms with Crippen molar-refractivity contribution in [3.63, 3.8) is 0 Å². The summed E-state index contributed by atoms with van der Waals surface area (Å²) < 4.78 is 22.9. The third-order valence-electron chi connectivity index (χ3n) is 6.05. The van der Waals surface area contributed by atoms with Crippen molar-refractivity contribution in [1.29, 1.82) is 0 Å². The molecule has 0 aromatic carbocycles. The van der Waals surface area contributed by atoms with Gasteiger partial charge in [0, 0.05) is 18.1 Å².